The quantitative estimate of drug-likeness (QED) is 0.878. The second-order valence-corrected chi connectivity index (χ2v) is 6.12. The number of aryl methyl sites for hydroxylation is 1. The topological polar surface area (TPSA) is 78.4 Å². The molecule has 3 rings (SSSR count). The SMILES string of the molecule is Cn1cc(Cl)cc1C(=O)N1CCN(C(=O)c2ccc(=O)[nH]c2)CC1. The van der Waals surface area contributed by atoms with Crippen LogP contribution in [-0.4, -0.2) is 57.3 Å². The van der Waals surface area contributed by atoms with Gasteiger partial charge in [-0.3, -0.25) is 14.4 Å². The molecule has 3 heterocycles. The summed E-state index contributed by atoms with van der Waals surface area (Å²) >= 11 is 5.92. The number of H-pyrrole nitrogens is 1. The minimum atomic E-state index is -0.247. The molecule has 0 aromatic carbocycles. The van der Waals surface area contributed by atoms with Crippen LogP contribution in [0.3, 0.4) is 0 Å². The molecular formula is C16H17ClN4O3. The van der Waals surface area contributed by atoms with Crippen molar-refractivity contribution < 1.29 is 9.59 Å². The molecule has 0 radical (unpaired) electrons. The van der Waals surface area contributed by atoms with Crippen molar-refractivity contribution in [3.63, 3.8) is 0 Å². The van der Waals surface area contributed by atoms with Gasteiger partial charge in [0.1, 0.15) is 5.69 Å². The molecule has 7 nitrogen and oxygen atoms in total. The van der Waals surface area contributed by atoms with Crippen molar-refractivity contribution in [1.82, 2.24) is 19.4 Å². The van der Waals surface area contributed by atoms with E-state index in [1.54, 1.807) is 33.7 Å². The van der Waals surface area contributed by atoms with Gasteiger partial charge in [0.25, 0.3) is 11.8 Å². The number of aromatic amines is 1. The highest BCUT2D eigenvalue weighted by molar-refractivity contribution is 6.31. The van der Waals surface area contributed by atoms with Gasteiger partial charge in [0.2, 0.25) is 5.56 Å². The van der Waals surface area contributed by atoms with Crippen LogP contribution < -0.4 is 5.56 Å². The fraction of sp³-hybridized carbons (Fsp3) is 0.312. The largest absolute Gasteiger partial charge is 0.345 e. The fourth-order valence-electron chi connectivity index (χ4n) is 2.74. The molecule has 0 aliphatic carbocycles. The van der Waals surface area contributed by atoms with Crippen LogP contribution in [0.1, 0.15) is 20.8 Å². The second kappa shape index (κ2) is 6.52. The summed E-state index contributed by atoms with van der Waals surface area (Å²) in [6.45, 7) is 1.80. The highest BCUT2D eigenvalue weighted by Crippen LogP contribution is 2.16. The van der Waals surface area contributed by atoms with Crippen molar-refractivity contribution in [1.29, 1.82) is 0 Å². The summed E-state index contributed by atoms with van der Waals surface area (Å²) in [5.74, 6) is -0.249. The second-order valence-electron chi connectivity index (χ2n) is 5.68. The number of rotatable bonds is 2. The van der Waals surface area contributed by atoms with E-state index in [1.807, 2.05) is 0 Å². The molecule has 1 aliphatic heterocycles. The lowest BCUT2D eigenvalue weighted by Gasteiger charge is -2.34. The van der Waals surface area contributed by atoms with E-state index in [1.165, 1.54) is 18.3 Å². The molecule has 8 heteroatoms. The summed E-state index contributed by atoms with van der Waals surface area (Å²) in [4.78, 5) is 41.9. The van der Waals surface area contributed by atoms with Crippen molar-refractivity contribution in [2.45, 2.75) is 0 Å². The first-order valence-electron chi connectivity index (χ1n) is 7.55. The Morgan fingerprint density at radius 2 is 1.71 bits per heavy atom. The first-order chi connectivity index (χ1) is 11.5. The molecule has 0 saturated carbocycles. The Kier molecular flexibility index (Phi) is 4.44. The fourth-order valence-corrected chi connectivity index (χ4v) is 2.99. The third-order valence-electron chi connectivity index (χ3n) is 4.08. The summed E-state index contributed by atoms with van der Waals surface area (Å²) in [7, 11) is 1.77. The molecule has 1 saturated heterocycles. The molecule has 2 aromatic rings. The van der Waals surface area contributed by atoms with Gasteiger partial charge in [0.15, 0.2) is 0 Å². The number of halogens is 1. The number of piperazine rings is 1. The molecule has 0 unspecified atom stereocenters. The number of hydrogen-bond acceptors (Lipinski definition) is 3. The summed E-state index contributed by atoms with van der Waals surface area (Å²) in [5.41, 5.74) is 0.715. The van der Waals surface area contributed by atoms with E-state index in [4.69, 9.17) is 11.6 Å². The number of hydrogen-bond donors (Lipinski definition) is 1. The van der Waals surface area contributed by atoms with Crippen LogP contribution in [0.2, 0.25) is 5.02 Å². The Morgan fingerprint density at radius 3 is 2.21 bits per heavy atom. The maximum Gasteiger partial charge on any atom is 0.270 e. The molecule has 2 amide bonds. The minimum Gasteiger partial charge on any atom is -0.345 e. The number of amides is 2. The van der Waals surface area contributed by atoms with Crippen LogP contribution >= 0.6 is 11.6 Å². The van der Waals surface area contributed by atoms with Gasteiger partial charge >= 0.3 is 0 Å². The van der Waals surface area contributed by atoms with Gasteiger partial charge < -0.3 is 19.4 Å². The maximum absolute atomic E-state index is 12.5. The zero-order valence-electron chi connectivity index (χ0n) is 13.2. The average Bonchev–Trinajstić information content (AvgIpc) is 2.93. The summed E-state index contributed by atoms with van der Waals surface area (Å²) in [6, 6.07) is 4.47. The van der Waals surface area contributed by atoms with Crippen LogP contribution in [0.15, 0.2) is 35.4 Å². The molecule has 126 valence electrons. The molecular weight excluding hydrogens is 332 g/mol. The van der Waals surface area contributed by atoms with Crippen molar-refractivity contribution in [2.75, 3.05) is 26.2 Å². The van der Waals surface area contributed by atoms with E-state index >= 15 is 0 Å². The number of nitrogens with one attached hydrogen (secondary N) is 1. The van der Waals surface area contributed by atoms with Crippen LogP contribution in [0.25, 0.3) is 0 Å². The third-order valence-corrected chi connectivity index (χ3v) is 4.28. The zero-order valence-corrected chi connectivity index (χ0v) is 13.9. The number of nitrogens with zero attached hydrogens (tertiary/aromatic N) is 3. The van der Waals surface area contributed by atoms with Gasteiger partial charge in [-0.1, -0.05) is 11.6 Å². The first kappa shape index (κ1) is 16.3. The van der Waals surface area contributed by atoms with Gasteiger partial charge in [-0.2, -0.15) is 0 Å². The van der Waals surface area contributed by atoms with Gasteiger partial charge in [-0.05, 0) is 12.1 Å². The first-order valence-corrected chi connectivity index (χ1v) is 7.92. The van der Waals surface area contributed by atoms with Crippen molar-refractivity contribution in [2.24, 2.45) is 7.05 Å². The minimum absolute atomic E-state index is 0.0967. The molecule has 0 atom stereocenters. The highest BCUT2D eigenvalue weighted by Gasteiger charge is 2.26. The Labute approximate surface area is 143 Å². The van der Waals surface area contributed by atoms with Crippen molar-refractivity contribution >= 4 is 23.4 Å². The highest BCUT2D eigenvalue weighted by atomic mass is 35.5. The van der Waals surface area contributed by atoms with E-state index in [2.05, 4.69) is 4.98 Å². The lowest BCUT2D eigenvalue weighted by molar-refractivity contribution is 0.0530. The predicted molar refractivity (Wildman–Crippen MR) is 89.3 cm³/mol. The van der Waals surface area contributed by atoms with E-state index in [0.717, 1.165) is 0 Å². The molecule has 2 aromatic heterocycles. The van der Waals surface area contributed by atoms with Gasteiger partial charge in [-0.15, -0.1) is 0 Å². The lowest BCUT2D eigenvalue weighted by Crippen LogP contribution is -2.50. The molecule has 1 N–H and O–H groups in total. The molecule has 0 bridgehead atoms. The van der Waals surface area contributed by atoms with Crippen LogP contribution in [0.5, 0.6) is 0 Å². The predicted octanol–water partition coefficient (Wildman–Crippen LogP) is 0.965. The van der Waals surface area contributed by atoms with Gasteiger partial charge in [0, 0.05) is 51.7 Å². The van der Waals surface area contributed by atoms with Gasteiger partial charge in [0.05, 0.1) is 10.6 Å². The van der Waals surface area contributed by atoms with Gasteiger partial charge in [-0.25, -0.2) is 0 Å². The normalized spacial score (nSPS) is 14.8. The standard InChI is InChI=1S/C16H17ClN4O3/c1-19-10-12(17)8-13(19)16(24)21-6-4-20(5-7-21)15(23)11-2-3-14(22)18-9-11/h2-3,8-10H,4-7H2,1H3,(H,18,22). The third kappa shape index (κ3) is 3.21. The van der Waals surface area contributed by atoms with E-state index in [-0.39, 0.29) is 17.4 Å². The Morgan fingerprint density at radius 1 is 1.08 bits per heavy atom. The van der Waals surface area contributed by atoms with E-state index < -0.39 is 0 Å². The average molecular weight is 349 g/mol. The van der Waals surface area contributed by atoms with Crippen LogP contribution in [-0.2, 0) is 7.05 Å². The van der Waals surface area contributed by atoms with E-state index in [9.17, 15) is 14.4 Å². The Hall–Kier alpha value is -2.54. The van der Waals surface area contributed by atoms with Crippen LogP contribution in [0.4, 0.5) is 0 Å². The molecule has 1 aliphatic rings. The molecule has 0 spiro atoms. The monoisotopic (exact) mass is 348 g/mol. The number of aromatic nitrogens is 2. The smallest absolute Gasteiger partial charge is 0.270 e. The molecule has 1 fully saturated rings. The van der Waals surface area contributed by atoms with Crippen LogP contribution in [0, 0.1) is 0 Å². The maximum atomic E-state index is 12.5. The molecule has 24 heavy (non-hydrogen) atoms. The Balaban J connectivity index is 1.64. The summed E-state index contributed by atoms with van der Waals surface area (Å²) in [6.07, 6.45) is 3.10. The van der Waals surface area contributed by atoms with E-state index in [0.29, 0.717) is 42.5 Å². The summed E-state index contributed by atoms with van der Waals surface area (Å²) < 4.78 is 1.70. The Bertz CT molecular complexity index is 814. The lowest BCUT2D eigenvalue weighted by atomic mass is 10.2. The number of pyridine rings is 1. The number of carbonyl (C=O) groups excluding carboxylic acids is 2. The van der Waals surface area contributed by atoms with Crippen molar-refractivity contribution in [3.05, 3.63) is 57.2 Å². The summed E-state index contributed by atoms with van der Waals surface area (Å²) in [5, 5.41) is 0.521. The zero-order chi connectivity index (χ0) is 17.3. The van der Waals surface area contributed by atoms with Crippen molar-refractivity contribution in [3.8, 4) is 0 Å². The number of carbonyl (C=O) groups is 2.